The Labute approximate surface area is 154 Å². The molecule has 2 aliphatic heterocycles. The molecule has 3 heteroatoms. The van der Waals surface area contributed by atoms with Crippen LogP contribution in [0.25, 0.3) is 11.3 Å². The van der Waals surface area contributed by atoms with E-state index in [0.717, 1.165) is 18.7 Å². The van der Waals surface area contributed by atoms with Crippen LogP contribution in [0.5, 0.6) is 0 Å². The van der Waals surface area contributed by atoms with Crippen molar-refractivity contribution in [3.63, 3.8) is 0 Å². The van der Waals surface area contributed by atoms with Crippen molar-refractivity contribution >= 4 is 5.57 Å². The zero-order chi connectivity index (χ0) is 17.3. The summed E-state index contributed by atoms with van der Waals surface area (Å²) in [5.41, 5.74) is 5.40. The fourth-order valence-corrected chi connectivity index (χ4v) is 4.42. The Balaban J connectivity index is 1.36. The highest BCUT2D eigenvalue weighted by molar-refractivity contribution is 5.68. The van der Waals surface area contributed by atoms with E-state index in [-0.39, 0.29) is 0 Å². The van der Waals surface area contributed by atoms with Gasteiger partial charge in [-0.05, 0) is 54.2 Å². The number of nitrogens with zero attached hydrogens (tertiary/aromatic N) is 3. The topological polar surface area (TPSA) is 21.1 Å². The molecule has 0 spiro atoms. The minimum Gasteiger partial charge on any atom is -0.289 e. The summed E-state index contributed by atoms with van der Waals surface area (Å²) < 4.78 is 1.91. The minimum atomic E-state index is 0.578. The van der Waals surface area contributed by atoms with Crippen LogP contribution in [0.3, 0.4) is 0 Å². The van der Waals surface area contributed by atoms with Crippen molar-refractivity contribution in [2.45, 2.75) is 37.9 Å². The van der Waals surface area contributed by atoms with Gasteiger partial charge in [0, 0.05) is 31.0 Å². The highest BCUT2D eigenvalue weighted by Gasteiger charge is 2.36. The van der Waals surface area contributed by atoms with E-state index in [0.29, 0.717) is 12.1 Å². The third kappa shape index (κ3) is 2.89. The third-order valence-corrected chi connectivity index (χ3v) is 5.75. The monoisotopic (exact) mass is 341 g/mol. The maximum Gasteiger partial charge on any atom is 0.0645 e. The van der Waals surface area contributed by atoms with Crippen molar-refractivity contribution in [2.75, 3.05) is 0 Å². The van der Waals surface area contributed by atoms with Gasteiger partial charge in [0.1, 0.15) is 0 Å². The number of hydrogen-bond acceptors (Lipinski definition) is 2. The second-order valence-corrected chi connectivity index (χ2v) is 7.35. The molecule has 1 aromatic heterocycles. The number of rotatable bonds is 4. The van der Waals surface area contributed by atoms with Crippen molar-refractivity contribution in [2.24, 2.45) is 0 Å². The molecule has 0 aliphatic carbocycles. The molecule has 3 aromatic rings. The summed E-state index contributed by atoms with van der Waals surface area (Å²) in [4.78, 5) is 2.69. The van der Waals surface area contributed by atoms with Gasteiger partial charge in [0.25, 0.3) is 0 Å². The average molecular weight is 341 g/mol. The SMILES string of the molecule is C1=C(c2ccc(-n3cccn3)cc2)CC2CCC1N2Cc1ccccc1. The highest BCUT2D eigenvalue weighted by atomic mass is 15.3. The fourth-order valence-electron chi connectivity index (χ4n) is 4.42. The number of aromatic nitrogens is 2. The molecule has 2 aliphatic rings. The van der Waals surface area contributed by atoms with Crippen molar-refractivity contribution < 1.29 is 0 Å². The minimum absolute atomic E-state index is 0.578. The van der Waals surface area contributed by atoms with E-state index in [4.69, 9.17) is 0 Å². The van der Waals surface area contributed by atoms with Gasteiger partial charge in [0.05, 0.1) is 5.69 Å². The summed E-state index contributed by atoms with van der Waals surface area (Å²) in [6, 6.07) is 22.9. The maximum atomic E-state index is 4.31. The molecular weight excluding hydrogens is 318 g/mol. The quantitative estimate of drug-likeness (QED) is 0.686. The number of benzene rings is 2. The Bertz CT molecular complexity index is 894. The van der Waals surface area contributed by atoms with Crippen LogP contribution in [-0.4, -0.2) is 26.8 Å². The van der Waals surface area contributed by atoms with Crippen LogP contribution in [0.2, 0.25) is 0 Å². The van der Waals surface area contributed by atoms with Gasteiger partial charge >= 0.3 is 0 Å². The predicted molar refractivity (Wildman–Crippen MR) is 105 cm³/mol. The van der Waals surface area contributed by atoms with Crippen LogP contribution >= 0.6 is 0 Å². The van der Waals surface area contributed by atoms with Crippen LogP contribution in [0.4, 0.5) is 0 Å². The van der Waals surface area contributed by atoms with Gasteiger partial charge in [-0.25, -0.2) is 4.68 Å². The van der Waals surface area contributed by atoms with E-state index < -0.39 is 0 Å². The lowest BCUT2D eigenvalue weighted by Crippen LogP contribution is -2.37. The molecule has 0 N–H and O–H groups in total. The summed E-state index contributed by atoms with van der Waals surface area (Å²) >= 11 is 0. The van der Waals surface area contributed by atoms with Crippen molar-refractivity contribution in [1.29, 1.82) is 0 Å². The van der Waals surface area contributed by atoms with Crippen LogP contribution in [-0.2, 0) is 6.54 Å². The van der Waals surface area contributed by atoms with Gasteiger partial charge in [0.15, 0.2) is 0 Å². The maximum absolute atomic E-state index is 4.31. The molecule has 1 fully saturated rings. The van der Waals surface area contributed by atoms with Gasteiger partial charge < -0.3 is 0 Å². The van der Waals surface area contributed by atoms with Crippen LogP contribution in [0, 0.1) is 0 Å². The first-order valence-electron chi connectivity index (χ1n) is 9.48. The Kier molecular flexibility index (Phi) is 3.95. The molecule has 26 heavy (non-hydrogen) atoms. The molecule has 5 rings (SSSR count). The van der Waals surface area contributed by atoms with Crippen LogP contribution in [0.15, 0.2) is 79.1 Å². The van der Waals surface area contributed by atoms with Crippen molar-refractivity contribution in [1.82, 2.24) is 14.7 Å². The Morgan fingerprint density at radius 2 is 1.77 bits per heavy atom. The molecule has 1 saturated heterocycles. The van der Waals surface area contributed by atoms with Crippen molar-refractivity contribution in [3.8, 4) is 5.69 Å². The normalized spacial score (nSPS) is 22.4. The Morgan fingerprint density at radius 1 is 0.923 bits per heavy atom. The van der Waals surface area contributed by atoms with Gasteiger partial charge in [-0.15, -0.1) is 0 Å². The molecule has 130 valence electrons. The molecule has 2 unspecified atom stereocenters. The standard InChI is InChI=1S/C23H23N3/c1-2-5-18(6-3-1)17-25-22-11-12-23(25)16-20(15-22)19-7-9-21(10-8-19)26-14-4-13-24-26/h1-10,13-15,22-23H,11-12,16-17H2. The van der Waals surface area contributed by atoms with Gasteiger partial charge in [0.2, 0.25) is 0 Å². The summed E-state index contributed by atoms with van der Waals surface area (Å²) in [5, 5.41) is 4.31. The zero-order valence-electron chi connectivity index (χ0n) is 14.8. The molecule has 2 aromatic carbocycles. The van der Waals surface area contributed by atoms with Gasteiger partial charge in [-0.2, -0.15) is 5.10 Å². The van der Waals surface area contributed by atoms with E-state index in [1.807, 2.05) is 23.1 Å². The first-order valence-corrected chi connectivity index (χ1v) is 9.48. The highest BCUT2D eigenvalue weighted by Crippen LogP contribution is 2.39. The summed E-state index contributed by atoms with van der Waals surface area (Å²) in [6.07, 6.45) is 10.1. The molecular formula is C23H23N3. The first-order chi connectivity index (χ1) is 12.9. The summed E-state index contributed by atoms with van der Waals surface area (Å²) in [5.74, 6) is 0. The Morgan fingerprint density at radius 3 is 2.50 bits per heavy atom. The average Bonchev–Trinajstić information content (AvgIpc) is 3.29. The lowest BCUT2D eigenvalue weighted by molar-refractivity contribution is 0.203. The first kappa shape index (κ1) is 15.6. The van der Waals surface area contributed by atoms with E-state index >= 15 is 0 Å². The van der Waals surface area contributed by atoms with Crippen molar-refractivity contribution in [3.05, 3.63) is 90.3 Å². The third-order valence-electron chi connectivity index (χ3n) is 5.75. The summed E-state index contributed by atoms with van der Waals surface area (Å²) in [7, 11) is 0. The van der Waals surface area contributed by atoms with E-state index in [2.05, 4.69) is 70.7 Å². The van der Waals surface area contributed by atoms with E-state index in [1.54, 1.807) is 0 Å². The number of fused-ring (bicyclic) bond motifs is 2. The molecule has 2 atom stereocenters. The van der Waals surface area contributed by atoms with Crippen LogP contribution in [0.1, 0.15) is 30.4 Å². The number of hydrogen-bond donors (Lipinski definition) is 0. The molecule has 0 saturated carbocycles. The molecule has 3 nitrogen and oxygen atoms in total. The van der Waals surface area contributed by atoms with Crippen LogP contribution < -0.4 is 0 Å². The zero-order valence-corrected chi connectivity index (χ0v) is 14.8. The van der Waals surface area contributed by atoms with Gasteiger partial charge in [-0.1, -0.05) is 48.5 Å². The van der Waals surface area contributed by atoms with E-state index in [9.17, 15) is 0 Å². The lowest BCUT2D eigenvalue weighted by Gasteiger charge is -2.34. The van der Waals surface area contributed by atoms with Gasteiger partial charge in [-0.3, -0.25) is 4.90 Å². The molecule has 0 amide bonds. The lowest BCUT2D eigenvalue weighted by atomic mass is 9.94. The second-order valence-electron chi connectivity index (χ2n) is 7.35. The molecule has 2 bridgehead atoms. The Hall–Kier alpha value is -2.65. The largest absolute Gasteiger partial charge is 0.289 e. The second kappa shape index (κ2) is 6.58. The smallest absolute Gasteiger partial charge is 0.0645 e. The molecule has 3 heterocycles. The predicted octanol–water partition coefficient (Wildman–Crippen LogP) is 4.69. The van der Waals surface area contributed by atoms with E-state index in [1.165, 1.54) is 29.5 Å². The molecule has 0 radical (unpaired) electrons. The fraction of sp³-hybridized carbons (Fsp3) is 0.261. The summed E-state index contributed by atoms with van der Waals surface area (Å²) in [6.45, 7) is 1.07.